The highest BCUT2D eigenvalue weighted by Gasteiger charge is 2.18. The molecule has 0 unspecified atom stereocenters. The smallest absolute Gasteiger partial charge is 0.260 e. The molecule has 0 spiro atoms. The SMILES string of the molecule is CCCNCc1cc(Br)ccc1OCC(=O)N1CCCC1. The summed E-state index contributed by atoms with van der Waals surface area (Å²) in [4.78, 5) is 13.9. The first-order valence-electron chi connectivity index (χ1n) is 7.60. The van der Waals surface area contributed by atoms with Crippen molar-refractivity contribution in [2.45, 2.75) is 32.7 Å². The molecular formula is C16H23BrN2O2. The van der Waals surface area contributed by atoms with Gasteiger partial charge in [-0.05, 0) is 44.0 Å². The van der Waals surface area contributed by atoms with E-state index in [2.05, 4.69) is 28.2 Å². The number of ether oxygens (including phenoxy) is 1. The summed E-state index contributed by atoms with van der Waals surface area (Å²) in [5, 5.41) is 3.37. The standard InChI is InChI=1S/C16H23BrN2O2/c1-2-7-18-11-13-10-14(17)5-6-15(13)21-12-16(20)19-8-3-4-9-19/h5-6,10,18H,2-4,7-9,11-12H2,1H3. The summed E-state index contributed by atoms with van der Waals surface area (Å²) in [5.41, 5.74) is 1.08. The molecule has 0 bridgehead atoms. The van der Waals surface area contributed by atoms with E-state index < -0.39 is 0 Å². The van der Waals surface area contributed by atoms with Gasteiger partial charge in [-0.15, -0.1) is 0 Å². The van der Waals surface area contributed by atoms with Crippen LogP contribution in [0.15, 0.2) is 22.7 Å². The van der Waals surface area contributed by atoms with E-state index >= 15 is 0 Å². The third-order valence-corrected chi connectivity index (χ3v) is 4.07. The highest BCUT2D eigenvalue weighted by molar-refractivity contribution is 9.10. The summed E-state index contributed by atoms with van der Waals surface area (Å²) in [6, 6.07) is 5.90. The lowest BCUT2D eigenvalue weighted by molar-refractivity contribution is -0.132. The van der Waals surface area contributed by atoms with Gasteiger partial charge in [-0.1, -0.05) is 22.9 Å². The van der Waals surface area contributed by atoms with Crippen molar-refractivity contribution in [2.75, 3.05) is 26.2 Å². The second-order valence-electron chi connectivity index (χ2n) is 5.31. The van der Waals surface area contributed by atoms with Crippen LogP contribution in [0.1, 0.15) is 31.7 Å². The van der Waals surface area contributed by atoms with E-state index in [4.69, 9.17) is 4.74 Å². The Labute approximate surface area is 135 Å². The molecule has 0 aliphatic carbocycles. The number of hydrogen-bond acceptors (Lipinski definition) is 3. The molecule has 21 heavy (non-hydrogen) atoms. The van der Waals surface area contributed by atoms with Crippen molar-refractivity contribution in [2.24, 2.45) is 0 Å². The molecule has 1 fully saturated rings. The first-order chi connectivity index (χ1) is 10.2. The minimum absolute atomic E-state index is 0.0860. The van der Waals surface area contributed by atoms with Crippen molar-refractivity contribution in [1.82, 2.24) is 10.2 Å². The zero-order chi connectivity index (χ0) is 15.1. The number of likely N-dealkylation sites (tertiary alicyclic amines) is 1. The normalized spacial score (nSPS) is 14.5. The Hall–Kier alpha value is -1.07. The van der Waals surface area contributed by atoms with Gasteiger partial charge in [0.05, 0.1) is 0 Å². The number of carbonyl (C=O) groups is 1. The topological polar surface area (TPSA) is 41.6 Å². The number of amides is 1. The van der Waals surface area contributed by atoms with Crippen LogP contribution in [0.25, 0.3) is 0 Å². The van der Waals surface area contributed by atoms with Crippen LogP contribution < -0.4 is 10.1 Å². The Morgan fingerprint density at radius 3 is 2.86 bits per heavy atom. The van der Waals surface area contributed by atoms with Gasteiger partial charge in [-0.3, -0.25) is 4.79 Å². The lowest BCUT2D eigenvalue weighted by Gasteiger charge is -2.17. The Morgan fingerprint density at radius 2 is 2.14 bits per heavy atom. The fraction of sp³-hybridized carbons (Fsp3) is 0.562. The van der Waals surface area contributed by atoms with Gasteiger partial charge in [0.25, 0.3) is 5.91 Å². The molecule has 2 rings (SSSR count). The maximum atomic E-state index is 12.0. The molecule has 1 amide bonds. The van der Waals surface area contributed by atoms with Crippen LogP contribution in [0, 0.1) is 0 Å². The van der Waals surface area contributed by atoms with E-state index in [-0.39, 0.29) is 12.5 Å². The van der Waals surface area contributed by atoms with Crippen LogP contribution in [-0.4, -0.2) is 37.0 Å². The lowest BCUT2D eigenvalue weighted by Crippen LogP contribution is -2.32. The van der Waals surface area contributed by atoms with Crippen LogP contribution in [0.3, 0.4) is 0 Å². The predicted molar refractivity (Wildman–Crippen MR) is 87.4 cm³/mol. The number of hydrogen-bond donors (Lipinski definition) is 1. The molecular weight excluding hydrogens is 332 g/mol. The van der Waals surface area contributed by atoms with Crippen LogP contribution in [-0.2, 0) is 11.3 Å². The molecule has 116 valence electrons. The van der Waals surface area contributed by atoms with Gasteiger partial charge < -0.3 is 15.0 Å². The van der Waals surface area contributed by atoms with Gasteiger partial charge in [-0.2, -0.15) is 0 Å². The maximum absolute atomic E-state index is 12.0. The van der Waals surface area contributed by atoms with Crippen LogP contribution in [0.5, 0.6) is 5.75 Å². The van der Waals surface area contributed by atoms with E-state index in [1.54, 1.807) is 0 Å². The van der Waals surface area contributed by atoms with Crippen molar-refractivity contribution in [3.63, 3.8) is 0 Å². The Morgan fingerprint density at radius 1 is 1.38 bits per heavy atom. The number of nitrogens with zero attached hydrogens (tertiary/aromatic N) is 1. The molecule has 0 aromatic heterocycles. The zero-order valence-electron chi connectivity index (χ0n) is 12.5. The van der Waals surface area contributed by atoms with Crippen LogP contribution in [0.2, 0.25) is 0 Å². The molecule has 5 heteroatoms. The highest BCUT2D eigenvalue weighted by atomic mass is 79.9. The molecule has 1 aliphatic heterocycles. The quantitative estimate of drug-likeness (QED) is 0.765. The average Bonchev–Trinajstić information content (AvgIpc) is 3.00. The van der Waals surface area contributed by atoms with Crippen LogP contribution in [0.4, 0.5) is 0 Å². The molecule has 0 saturated carbocycles. The summed E-state index contributed by atoms with van der Waals surface area (Å²) in [6.45, 7) is 5.72. The minimum atomic E-state index is 0.0860. The van der Waals surface area contributed by atoms with E-state index in [1.165, 1.54) is 0 Å². The highest BCUT2D eigenvalue weighted by Crippen LogP contribution is 2.23. The van der Waals surface area contributed by atoms with Crippen molar-refractivity contribution in [1.29, 1.82) is 0 Å². The van der Waals surface area contributed by atoms with Gasteiger partial charge in [-0.25, -0.2) is 0 Å². The minimum Gasteiger partial charge on any atom is -0.483 e. The van der Waals surface area contributed by atoms with E-state index in [0.717, 1.165) is 61.2 Å². The third-order valence-electron chi connectivity index (χ3n) is 3.57. The number of halogens is 1. The van der Waals surface area contributed by atoms with Gasteiger partial charge >= 0.3 is 0 Å². The molecule has 0 radical (unpaired) electrons. The Kier molecular flexibility index (Phi) is 6.51. The van der Waals surface area contributed by atoms with Gasteiger partial charge in [0.2, 0.25) is 0 Å². The predicted octanol–water partition coefficient (Wildman–Crippen LogP) is 2.95. The van der Waals surface area contributed by atoms with E-state index in [0.29, 0.717) is 0 Å². The fourth-order valence-electron chi connectivity index (χ4n) is 2.42. The molecule has 1 aromatic carbocycles. The van der Waals surface area contributed by atoms with Crippen molar-refractivity contribution < 1.29 is 9.53 Å². The zero-order valence-corrected chi connectivity index (χ0v) is 14.1. The summed E-state index contributed by atoms with van der Waals surface area (Å²) in [6.07, 6.45) is 3.31. The summed E-state index contributed by atoms with van der Waals surface area (Å²) in [7, 11) is 0. The second-order valence-corrected chi connectivity index (χ2v) is 6.22. The van der Waals surface area contributed by atoms with Crippen molar-refractivity contribution in [3.8, 4) is 5.75 Å². The van der Waals surface area contributed by atoms with Gasteiger partial charge in [0, 0.05) is 29.7 Å². The van der Waals surface area contributed by atoms with Gasteiger partial charge in [0.15, 0.2) is 6.61 Å². The monoisotopic (exact) mass is 354 g/mol. The second kappa shape index (κ2) is 8.39. The molecule has 1 aromatic rings. The van der Waals surface area contributed by atoms with E-state index in [1.807, 2.05) is 23.1 Å². The molecule has 0 atom stereocenters. The van der Waals surface area contributed by atoms with Crippen molar-refractivity contribution >= 4 is 21.8 Å². The fourth-order valence-corrected chi connectivity index (χ4v) is 2.83. The summed E-state index contributed by atoms with van der Waals surface area (Å²) >= 11 is 3.48. The van der Waals surface area contributed by atoms with Crippen LogP contribution >= 0.6 is 15.9 Å². The number of rotatable bonds is 7. The van der Waals surface area contributed by atoms with Crippen molar-refractivity contribution in [3.05, 3.63) is 28.2 Å². The van der Waals surface area contributed by atoms with Gasteiger partial charge in [0.1, 0.15) is 5.75 Å². The molecule has 1 saturated heterocycles. The van der Waals surface area contributed by atoms with E-state index in [9.17, 15) is 4.79 Å². The average molecular weight is 355 g/mol. The third kappa shape index (κ3) is 5.00. The molecule has 1 aliphatic rings. The lowest BCUT2D eigenvalue weighted by atomic mass is 10.2. The molecule has 4 nitrogen and oxygen atoms in total. The largest absolute Gasteiger partial charge is 0.483 e. The Balaban J connectivity index is 1.93. The first kappa shape index (κ1) is 16.3. The summed E-state index contributed by atoms with van der Waals surface area (Å²) in [5.74, 6) is 0.872. The number of benzene rings is 1. The summed E-state index contributed by atoms with van der Waals surface area (Å²) < 4.78 is 6.77. The maximum Gasteiger partial charge on any atom is 0.260 e. The molecule has 1 N–H and O–H groups in total. The first-order valence-corrected chi connectivity index (χ1v) is 8.39. The molecule has 1 heterocycles. The Bertz CT molecular complexity index is 473. The number of carbonyl (C=O) groups excluding carboxylic acids is 1. The number of nitrogens with one attached hydrogen (secondary N) is 1.